The van der Waals surface area contributed by atoms with Crippen molar-refractivity contribution in [2.24, 2.45) is 0 Å². The van der Waals surface area contributed by atoms with Gasteiger partial charge >= 0.3 is 30.1 Å². The summed E-state index contributed by atoms with van der Waals surface area (Å²) in [6, 6.07) is 4.52. The van der Waals surface area contributed by atoms with Gasteiger partial charge in [0.2, 0.25) is 18.3 Å². The fourth-order valence-electron chi connectivity index (χ4n) is 4.14. The molecule has 0 aliphatic carbocycles. The molecule has 0 unspecified atom stereocenters. The topological polar surface area (TPSA) is 152 Å². The molecule has 0 radical (unpaired) electrons. The molecule has 41 heavy (non-hydrogen) atoms. The number of nitrogens with one attached hydrogen (secondary N) is 1. The van der Waals surface area contributed by atoms with Crippen LogP contribution in [-0.2, 0) is 55.5 Å². The summed E-state index contributed by atoms with van der Waals surface area (Å²) in [5, 5.41) is 6.83. The Kier molecular flexibility index (Phi) is 9.97. The van der Waals surface area contributed by atoms with E-state index in [0.29, 0.717) is 16.8 Å². The molecule has 12 nitrogen and oxygen atoms in total. The third kappa shape index (κ3) is 8.42. The molecular weight excluding hydrogens is 557 g/mol. The molecule has 1 aromatic heterocycles. The van der Waals surface area contributed by atoms with Gasteiger partial charge in [-0.05, 0) is 24.6 Å². The standard InChI is InChI=1S/C26H29F3N2O10/c1-12-19(10-17-6-8-18(9-7-17)26(27,28)29)24(31-30-12)41-25-23(39-16(5)35)22(38-15(4)34)21(37-14(3)33)20(40-25)11-36-13(2)32/h6-9,20-23,25H,10-11H2,1-5H3,(H,30,31)/t20-,21-,22+,23-,25+/m1/s1. The van der Waals surface area contributed by atoms with Crippen LogP contribution >= 0.6 is 0 Å². The van der Waals surface area contributed by atoms with E-state index < -0.39 is 72.9 Å². The highest BCUT2D eigenvalue weighted by molar-refractivity contribution is 5.68. The molecule has 1 fully saturated rings. The number of esters is 4. The van der Waals surface area contributed by atoms with Crippen molar-refractivity contribution < 1.29 is 60.8 Å². The number of alkyl halides is 3. The number of carbonyl (C=O) groups excluding carboxylic acids is 4. The van der Waals surface area contributed by atoms with Crippen molar-refractivity contribution in [3.63, 3.8) is 0 Å². The number of hydrogen-bond acceptors (Lipinski definition) is 11. The number of hydrogen-bond donors (Lipinski definition) is 1. The number of rotatable bonds is 9. The van der Waals surface area contributed by atoms with Gasteiger partial charge in [-0.3, -0.25) is 24.3 Å². The van der Waals surface area contributed by atoms with Gasteiger partial charge in [0.1, 0.15) is 12.7 Å². The molecule has 15 heteroatoms. The Labute approximate surface area is 232 Å². The van der Waals surface area contributed by atoms with Gasteiger partial charge < -0.3 is 28.4 Å². The van der Waals surface area contributed by atoms with Gasteiger partial charge in [-0.2, -0.15) is 13.2 Å². The van der Waals surface area contributed by atoms with Gasteiger partial charge in [-0.1, -0.05) is 12.1 Å². The van der Waals surface area contributed by atoms with Crippen LogP contribution in [0.4, 0.5) is 13.2 Å². The minimum atomic E-state index is -4.49. The zero-order valence-corrected chi connectivity index (χ0v) is 22.8. The van der Waals surface area contributed by atoms with Gasteiger partial charge in [-0.25, -0.2) is 0 Å². The summed E-state index contributed by atoms with van der Waals surface area (Å²) in [6.07, 6.45) is -11.4. The first-order chi connectivity index (χ1) is 19.1. The van der Waals surface area contributed by atoms with E-state index in [4.69, 9.17) is 28.4 Å². The molecule has 1 aromatic carbocycles. The quantitative estimate of drug-likeness (QED) is 0.341. The summed E-state index contributed by atoms with van der Waals surface area (Å²) < 4.78 is 72.0. The maximum Gasteiger partial charge on any atom is 0.416 e. The second-order valence-electron chi connectivity index (χ2n) is 9.19. The Morgan fingerprint density at radius 3 is 1.98 bits per heavy atom. The number of aromatic nitrogens is 2. The first-order valence-electron chi connectivity index (χ1n) is 12.3. The lowest BCUT2D eigenvalue weighted by atomic mass is 9.98. The number of halogens is 3. The minimum Gasteiger partial charge on any atom is -0.463 e. The Morgan fingerprint density at radius 1 is 0.878 bits per heavy atom. The van der Waals surface area contributed by atoms with Crippen LogP contribution in [-0.4, -0.2) is 71.4 Å². The average Bonchev–Trinajstić information content (AvgIpc) is 3.19. The Bertz CT molecular complexity index is 1260. The van der Waals surface area contributed by atoms with Crippen molar-refractivity contribution in [1.82, 2.24) is 10.2 Å². The second-order valence-corrected chi connectivity index (χ2v) is 9.19. The van der Waals surface area contributed by atoms with Gasteiger partial charge in [0.05, 0.1) is 5.56 Å². The van der Waals surface area contributed by atoms with Crippen molar-refractivity contribution >= 4 is 23.9 Å². The lowest BCUT2D eigenvalue weighted by molar-refractivity contribution is -0.289. The van der Waals surface area contributed by atoms with Crippen LogP contribution in [0.5, 0.6) is 5.88 Å². The summed E-state index contributed by atoms with van der Waals surface area (Å²) in [7, 11) is 0. The second kappa shape index (κ2) is 13.0. The molecule has 2 heterocycles. The summed E-state index contributed by atoms with van der Waals surface area (Å²) >= 11 is 0. The molecule has 5 atom stereocenters. The molecule has 0 saturated carbocycles. The molecule has 1 aliphatic heterocycles. The van der Waals surface area contributed by atoms with Crippen LogP contribution in [0.2, 0.25) is 0 Å². The first-order valence-corrected chi connectivity index (χ1v) is 12.3. The minimum absolute atomic E-state index is 0.0525. The number of nitrogens with zero attached hydrogens (tertiary/aromatic N) is 1. The van der Waals surface area contributed by atoms with E-state index in [1.165, 1.54) is 12.1 Å². The van der Waals surface area contributed by atoms with Gasteiger partial charge in [0.25, 0.3) is 0 Å². The third-order valence-electron chi connectivity index (χ3n) is 5.87. The van der Waals surface area contributed by atoms with Gasteiger partial charge in [0.15, 0.2) is 12.2 Å². The fourth-order valence-corrected chi connectivity index (χ4v) is 4.14. The van der Waals surface area contributed by atoms with Crippen molar-refractivity contribution in [3.05, 3.63) is 46.6 Å². The predicted octanol–water partition coefficient (Wildman–Crippen LogP) is 2.79. The number of aryl methyl sites for hydroxylation is 1. The van der Waals surface area contributed by atoms with Crippen LogP contribution in [0, 0.1) is 6.92 Å². The molecule has 224 valence electrons. The zero-order valence-electron chi connectivity index (χ0n) is 22.8. The fraction of sp³-hybridized carbons (Fsp3) is 0.500. The molecule has 0 bridgehead atoms. The normalized spacial score (nSPS) is 22.4. The zero-order chi connectivity index (χ0) is 30.5. The van der Waals surface area contributed by atoms with Gasteiger partial charge in [-0.15, -0.1) is 5.10 Å². The van der Waals surface area contributed by atoms with E-state index in [2.05, 4.69) is 10.2 Å². The van der Waals surface area contributed by atoms with E-state index in [-0.39, 0.29) is 12.3 Å². The maximum atomic E-state index is 13.0. The molecule has 0 spiro atoms. The molecule has 1 saturated heterocycles. The highest BCUT2D eigenvalue weighted by Gasteiger charge is 2.53. The smallest absolute Gasteiger partial charge is 0.416 e. The van der Waals surface area contributed by atoms with E-state index in [0.717, 1.165) is 39.8 Å². The monoisotopic (exact) mass is 586 g/mol. The highest BCUT2D eigenvalue weighted by Crippen LogP contribution is 2.33. The first kappa shape index (κ1) is 31.4. The Morgan fingerprint density at radius 2 is 1.44 bits per heavy atom. The van der Waals surface area contributed by atoms with Gasteiger partial charge in [0, 0.05) is 45.4 Å². The number of H-pyrrole nitrogens is 1. The lowest BCUT2D eigenvalue weighted by Gasteiger charge is -2.43. The highest BCUT2D eigenvalue weighted by atomic mass is 19.4. The number of ether oxygens (including phenoxy) is 6. The number of carbonyl (C=O) groups is 4. The molecule has 1 N–H and O–H groups in total. The van der Waals surface area contributed by atoms with Crippen molar-refractivity contribution in [2.75, 3.05) is 6.61 Å². The number of aromatic amines is 1. The van der Waals surface area contributed by atoms with E-state index in [9.17, 15) is 32.3 Å². The number of benzene rings is 1. The molecule has 3 rings (SSSR count). The molecule has 2 aromatic rings. The van der Waals surface area contributed by atoms with E-state index >= 15 is 0 Å². The van der Waals surface area contributed by atoms with Crippen molar-refractivity contribution in [3.8, 4) is 5.88 Å². The van der Waals surface area contributed by atoms with Crippen LogP contribution in [0.3, 0.4) is 0 Å². The Hall–Kier alpha value is -4.14. The van der Waals surface area contributed by atoms with Crippen LogP contribution in [0.15, 0.2) is 24.3 Å². The average molecular weight is 587 g/mol. The third-order valence-corrected chi connectivity index (χ3v) is 5.87. The largest absolute Gasteiger partial charge is 0.463 e. The summed E-state index contributed by atoms with van der Waals surface area (Å²) in [4.78, 5) is 47.4. The molecular formula is C26H29F3N2O10. The van der Waals surface area contributed by atoms with E-state index in [1.54, 1.807) is 6.92 Å². The summed E-state index contributed by atoms with van der Waals surface area (Å²) in [6.45, 7) is 5.62. The van der Waals surface area contributed by atoms with Crippen molar-refractivity contribution in [2.45, 2.75) is 77.9 Å². The SMILES string of the molecule is CC(=O)OC[C@H]1O[C@@H](Oc2n[nH]c(C)c2Cc2ccc(C(F)(F)F)cc2)[C@H](OC(C)=O)[C@@H](OC(C)=O)[C@@H]1OC(C)=O. The summed E-state index contributed by atoms with van der Waals surface area (Å²) in [5.41, 5.74) is 0.663. The van der Waals surface area contributed by atoms with Crippen LogP contribution in [0.25, 0.3) is 0 Å². The van der Waals surface area contributed by atoms with E-state index in [1.807, 2.05) is 0 Å². The van der Waals surface area contributed by atoms with Crippen LogP contribution < -0.4 is 4.74 Å². The molecule has 0 amide bonds. The maximum absolute atomic E-state index is 13.0. The van der Waals surface area contributed by atoms with Crippen molar-refractivity contribution in [1.29, 1.82) is 0 Å². The predicted molar refractivity (Wildman–Crippen MR) is 130 cm³/mol. The molecule has 1 aliphatic rings. The Balaban J connectivity index is 1.97. The van der Waals surface area contributed by atoms with Crippen LogP contribution in [0.1, 0.15) is 50.1 Å². The summed E-state index contributed by atoms with van der Waals surface area (Å²) in [5.74, 6) is -3.14. The lowest BCUT2D eigenvalue weighted by Crippen LogP contribution is -2.63.